The molecule has 0 aliphatic rings. The van der Waals surface area contributed by atoms with Crippen LogP contribution >= 0.6 is 23.2 Å². The van der Waals surface area contributed by atoms with Crippen molar-refractivity contribution in [1.82, 2.24) is 9.97 Å². The van der Waals surface area contributed by atoms with E-state index < -0.39 is 0 Å². The van der Waals surface area contributed by atoms with Gasteiger partial charge in [-0.05, 0) is 18.0 Å². The predicted molar refractivity (Wildman–Crippen MR) is 55.4 cm³/mol. The third kappa shape index (κ3) is 3.36. The van der Waals surface area contributed by atoms with Crippen molar-refractivity contribution in [3.63, 3.8) is 0 Å². The Balaban J connectivity index is 2.59. The monoisotopic (exact) mass is 219 g/mol. The Labute approximate surface area is 87.5 Å². The van der Waals surface area contributed by atoms with Crippen LogP contribution in [-0.4, -0.2) is 16.5 Å². The summed E-state index contributed by atoms with van der Waals surface area (Å²) in [4.78, 5) is 7.71. The molecule has 0 radical (unpaired) electrons. The Morgan fingerprint density at radius 3 is 2.92 bits per heavy atom. The van der Waals surface area contributed by atoms with Crippen LogP contribution < -0.4 is 5.32 Å². The molecule has 3 nitrogen and oxygen atoms in total. The van der Waals surface area contributed by atoms with Gasteiger partial charge in [-0.25, -0.2) is 4.98 Å². The summed E-state index contributed by atoms with van der Waals surface area (Å²) in [5.41, 5.74) is 0. The van der Waals surface area contributed by atoms with Gasteiger partial charge in [-0.15, -0.1) is 0 Å². The van der Waals surface area contributed by atoms with Crippen molar-refractivity contribution in [1.29, 1.82) is 0 Å². The third-order valence-corrected chi connectivity index (χ3v) is 2.00. The lowest BCUT2D eigenvalue weighted by molar-refractivity contribution is 0.830. The highest BCUT2D eigenvalue weighted by Crippen LogP contribution is 2.18. The molecule has 1 aromatic heterocycles. The fraction of sp³-hybridized carbons (Fsp3) is 0.500. The largest absolute Gasteiger partial charge is 0.369 e. The second-order valence-corrected chi connectivity index (χ2v) is 3.36. The van der Waals surface area contributed by atoms with Crippen molar-refractivity contribution in [3.05, 3.63) is 16.5 Å². The molecule has 1 rings (SSSR count). The Hall–Kier alpha value is -0.540. The Morgan fingerprint density at radius 1 is 1.46 bits per heavy atom. The third-order valence-electron chi connectivity index (χ3n) is 1.54. The SMILES string of the molecule is CCCCNc1nc(Cl)ncc1Cl. The molecule has 0 aliphatic carbocycles. The van der Waals surface area contributed by atoms with E-state index in [1.807, 2.05) is 0 Å². The van der Waals surface area contributed by atoms with Gasteiger partial charge in [0, 0.05) is 6.54 Å². The summed E-state index contributed by atoms with van der Waals surface area (Å²) in [6.45, 7) is 2.97. The number of nitrogens with one attached hydrogen (secondary N) is 1. The summed E-state index contributed by atoms with van der Waals surface area (Å²) >= 11 is 11.4. The Kier molecular flexibility index (Phi) is 4.25. The van der Waals surface area contributed by atoms with Crippen LogP contribution in [0.25, 0.3) is 0 Å². The summed E-state index contributed by atoms with van der Waals surface area (Å²) < 4.78 is 0. The molecule has 0 saturated carbocycles. The molecular weight excluding hydrogens is 209 g/mol. The van der Waals surface area contributed by atoms with Gasteiger partial charge >= 0.3 is 0 Å². The minimum absolute atomic E-state index is 0.211. The van der Waals surface area contributed by atoms with Gasteiger partial charge in [-0.3, -0.25) is 0 Å². The van der Waals surface area contributed by atoms with E-state index in [9.17, 15) is 0 Å². The molecule has 0 fully saturated rings. The minimum Gasteiger partial charge on any atom is -0.369 e. The second kappa shape index (κ2) is 5.25. The zero-order valence-electron chi connectivity index (χ0n) is 7.35. The topological polar surface area (TPSA) is 37.8 Å². The first kappa shape index (κ1) is 10.5. The number of rotatable bonds is 4. The number of nitrogens with zero attached hydrogens (tertiary/aromatic N) is 2. The van der Waals surface area contributed by atoms with Crippen LogP contribution in [0.5, 0.6) is 0 Å². The average Bonchev–Trinajstić information content (AvgIpc) is 2.11. The zero-order chi connectivity index (χ0) is 9.68. The molecule has 72 valence electrons. The molecule has 1 aromatic rings. The van der Waals surface area contributed by atoms with Gasteiger partial charge in [0.05, 0.1) is 6.20 Å². The second-order valence-electron chi connectivity index (χ2n) is 2.62. The smallest absolute Gasteiger partial charge is 0.224 e. The summed E-state index contributed by atoms with van der Waals surface area (Å²) in [6.07, 6.45) is 3.70. The fourth-order valence-corrected chi connectivity index (χ4v) is 1.14. The van der Waals surface area contributed by atoms with E-state index in [1.165, 1.54) is 6.20 Å². The first-order chi connectivity index (χ1) is 6.24. The molecule has 0 saturated heterocycles. The van der Waals surface area contributed by atoms with Crippen LogP contribution in [0, 0.1) is 0 Å². The molecule has 1 N–H and O–H groups in total. The molecule has 0 atom stereocenters. The van der Waals surface area contributed by atoms with E-state index in [-0.39, 0.29) is 5.28 Å². The Morgan fingerprint density at radius 2 is 2.23 bits per heavy atom. The van der Waals surface area contributed by atoms with E-state index in [0.717, 1.165) is 19.4 Å². The molecule has 0 amide bonds. The van der Waals surface area contributed by atoms with Crippen molar-refractivity contribution in [2.75, 3.05) is 11.9 Å². The number of halogens is 2. The van der Waals surface area contributed by atoms with Gasteiger partial charge < -0.3 is 5.32 Å². The van der Waals surface area contributed by atoms with Crippen molar-refractivity contribution < 1.29 is 0 Å². The number of unbranched alkanes of at least 4 members (excludes halogenated alkanes) is 1. The van der Waals surface area contributed by atoms with Crippen molar-refractivity contribution in [2.24, 2.45) is 0 Å². The number of aromatic nitrogens is 2. The fourth-order valence-electron chi connectivity index (χ4n) is 0.853. The van der Waals surface area contributed by atoms with E-state index >= 15 is 0 Å². The van der Waals surface area contributed by atoms with Crippen molar-refractivity contribution >= 4 is 29.0 Å². The van der Waals surface area contributed by atoms with Gasteiger partial charge in [0.25, 0.3) is 0 Å². The minimum atomic E-state index is 0.211. The highest BCUT2D eigenvalue weighted by molar-refractivity contribution is 6.33. The molecule has 0 spiro atoms. The molecule has 0 aromatic carbocycles. The summed E-state index contributed by atoms with van der Waals surface area (Å²) in [5, 5.41) is 3.80. The van der Waals surface area contributed by atoms with Crippen LogP contribution in [0.15, 0.2) is 6.20 Å². The first-order valence-electron chi connectivity index (χ1n) is 4.16. The molecule has 5 heteroatoms. The maximum Gasteiger partial charge on any atom is 0.224 e. The number of hydrogen-bond donors (Lipinski definition) is 1. The summed E-state index contributed by atoms with van der Waals surface area (Å²) in [5.74, 6) is 0.607. The lowest BCUT2D eigenvalue weighted by atomic mass is 10.3. The lowest BCUT2D eigenvalue weighted by Gasteiger charge is -2.05. The number of anilines is 1. The zero-order valence-corrected chi connectivity index (χ0v) is 8.86. The molecule has 0 bridgehead atoms. The van der Waals surface area contributed by atoms with Crippen LogP contribution in [0.4, 0.5) is 5.82 Å². The van der Waals surface area contributed by atoms with Crippen LogP contribution in [0.3, 0.4) is 0 Å². The molecule has 1 heterocycles. The van der Waals surface area contributed by atoms with Crippen LogP contribution in [-0.2, 0) is 0 Å². The predicted octanol–water partition coefficient (Wildman–Crippen LogP) is 3.00. The maximum absolute atomic E-state index is 5.83. The van der Waals surface area contributed by atoms with Crippen molar-refractivity contribution in [3.8, 4) is 0 Å². The molecular formula is C8H11Cl2N3. The van der Waals surface area contributed by atoms with Gasteiger partial charge in [0.1, 0.15) is 10.8 Å². The normalized spacial score (nSPS) is 10.1. The molecule has 13 heavy (non-hydrogen) atoms. The quantitative estimate of drug-likeness (QED) is 0.626. The van der Waals surface area contributed by atoms with E-state index in [0.29, 0.717) is 10.8 Å². The average molecular weight is 220 g/mol. The van der Waals surface area contributed by atoms with Crippen LogP contribution in [0.1, 0.15) is 19.8 Å². The van der Waals surface area contributed by atoms with E-state index in [1.54, 1.807) is 0 Å². The summed E-state index contributed by atoms with van der Waals surface area (Å²) in [7, 11) is 0. The van der Waals surface area contributed by atoms with Gasteiger partial charge in [0.15, 0.2) is 0 Å². The van der Waals surface area contributed by atoms with Gasteiger partial charge in [-0.1, -0.05) is 24.9 Å². The summed E-state index contributed by atoms with van der Waals surface area (Å²) in [6, 6.07) is 0. The molecule has 0 unspecified atom stereocenters. The highest BCUT2D eigenvalue weighted by atomic mass is 35.5. The van der Waals surface area contributed by atoms with Gasteiger partial charge in [-0.2, -0.15) is 4.98 Å². The Bertz CT molecular complexity index is 278. The molecule has 0 aliphatic heterocycles. The van der Waals surface area contributed by atoms with E-state index in [2.05, 4.69) is 22.2 Å². The standard InChI is InChI=1S/C8H11Cl2N3/c1-2-3-4-11-7-6(9)5-12-8(10)13-7/h5H,2-4H2,1H3,(H,11,12,13). The lowest BCUT2D eigenvalue weighted by Crippen LogP contribution is -2.04. The van der Waals surface area contributed by atoms with E-state index in [4.69, 9.17) is 23.2 Å². The highest BCUT2D eigenvalue weighted by Gasteiger charge is 2.02. The maximum atomic E-state index is 5.83. The van der Waals surface area contributed by atoms with Gasteiger partial charge in [0.2, 0.25) is 5.28 Å². The number of hydrogen-bond acceptors (Lipinski definition) is 3. The van der Waals surface area contributed by atoms with Crippen molar-refractivity contribution in [2.45, 2.75) is 19.8 Å². The first-order valence-corrected chi connectivity index (χ1v) is 4.91. The van der Waals surface area contributed by atoms with Crippen LogP contribution in [0.2, 0.25) is 10.3 Å².